The molecular weight excluding hydrogens is 314 g/mol. The number of rotatable bonds is 4. The van der Waals surface area contributed by atoms with E-state index >= 15 is 0 Å². The number of allylic oxidation sites excluding steroid dienone is 2. The van der Waals surface area contributed by atoms with Gasteiger partial charge in [-0.25, -0.2) is 0 Å². The molecule has 2 aromatic carbocycles. The number of phenolic OH excluding ortho intramolecular Hbond substituents is 2. The minimum atomic E-state index is -0.616. The molecule has 0 fully saturated rings. The lowest BCUT2D eigenvalue weighted by molar-refractivity contribution is -0.113. The molecule has 4 nitrogen and oxygen atoms in total. The predicted molar refractivity (Wildman–Crippen MR) is 96.6 cm³/mol. The SMILES string of the molecule is CC(=O)C(=C(C)C)[C@@H](c1ccc(C#N)cc1O)c1cc(C)ccc1O. The number of ketones is 1. The van der Waals surface area contributed by atoms with E-state index in [0.717, 1.165) is 11.1 Å². The van der Waals surface area contributed by atoms with E-state index in [-0.39, 0.29) is 17.3 Å². The summed E-state index contributed by atoms with van der Waals surface area (Å²) in [5, 5.41) is 29.9. The molecular formula is C21H21NO3. The standard InChI is InChI=1S/C21H21NO3/c1-12(2)20(14(4)23)21(17-9-13(3)5-8-18(17)24)16-7-6-15(11-22)10-19(16)25/h5-10,21,24-25H,1-4H3/t21-/m0/s1. The zero-order chi connectivity index (χ0) is 18.7. The Hall–Kier alpha value is -3.06. The van der Waals surface area contributed by atoms with E-state index in [1.165, 1.54) is 13.0 Å². The molecule has 0 aliphatic rings. The average molecular weight is 335 g/mol. The maximum absolute atomic E-state index is 12.3. The summed E-state index contributed by atoms with van der Waals surface area (Å²) in [6.45, 7) is 7.03. The molecule has 25 heavy (non-hydrogen) atoms. The first-order valence-corrected chi connectivity index (χ1v) is 7.97. The molecule has 0 aromatic heterocycles. The molecule has 0 aliphatic heterocycles. The number of Topliss-reactive ketones (excluding diaryl/α,β-unsaturated/α-hetero) is 1. The van der Waals surface area contributed by atoms with Gasteiger partial charge in [0.25, 0.3) is 0 Å². The first kappa shape index (κ1) is 18.3. The van der Waals surface area contributed by atoms with E-state index in [2.05, 4.69) is 0 Å². The van der Waals surface area contributed by atoms with Crippen LogP contribution in [0.3, 0.4) is 0 Å². The van der Waals surface area contributed by atoms with Gasteiger partial charge in [-0.05, 0) is 45.9 Å². The molecule has 0 amide bonds. The number of hydrogen-bond donors (Lipinski definition) is 2. The van der Waals surface area contributed by atoms with Gasteiger partial charge in [0.2, 0.25) is 0 Å². The molecule has 0 radical (unpaired) electrons. The summed E-state index contributed by atoms with van der Waals surface area (Å²) in [5.41, 5.74) is 3.61. The van der Waals surface area contributed by atoms with Gasteiger partial charge in [-0.2, -0.15) is 5.26 Å². The van der Waals surface area contributed by atoms with Crippen molar-refractivity contribution in [2.45, 2.75) is 33.6 Å². The van der Waals surface area contributed by atoms with Crippen LogP contribution in [0.5, 0.6) is 11.5 Å². The maximum atomic E-state index is 12.3. The number of nitriles is 1. The van der Waals surface area contributed by atoms with Crippen molar-refractivity contribution in [3.05, 3.63) is 69.8 Å². The topological polar surface area (TPSA) is 81.3 Å². The average Bonchev–Trinajstić information content (AvgIpc) is 2.54. The second kappa shape index (κ2) is 7.23. The number of hydrogen-bond acceptors (Lipinski definition) is 4. The van der Waals surface area contributed by atoms with Gasteiger partial charge in [-0.3, -0.25) is 4.79 Å². The monoisotopic (exact) mass is 335 g/mol. The van der Waals surface area contributed by atoms with Crippen LogP contribution in [-0.4, -0.2) is 16.0 Å². The van der Waals surface area contributed by atoms with E-state index in [0.29, 0.717) is 22.3 Å². The molecule has 1 atom stereocenters. The predicted octanol–water partition coefficient (Wildman–Crippen LogP) is 4.34. The highest BCUT2D eigenvalue weighted by atomic mass is 16.3. The van der Waals surface area contributed by atoms with Crippen molar-refractivity contribution in [1.82, 2.24) is 0 Å². The van der Waals surface area contributed by atoms with Gasteiger partial charge in [0.1, 0.15) is 11.5 Å². The molecule has 0 spiro atoms. The second-order valence-electron chi connectivity index (χ2n) is 6.35. The summed E-state index contributed by atoms with van der Waals surface area (Å²) in [6, 6.07) is 11.8. The molecule has 0 aliphatic carbocycles. The van der Waals surface area contributed by atoms with Crippen molar-refractivity contribution < 1.29 is 15.0 Å². The number of nitrogens with zero attached hydrogens (tertiary/aromatic N) is 1. The Morgan fingerprint density at radius 3 is 2.20 bits per heavy atom. The highest BCUT2D eigenvalue weighted by molar-refractivity contribution is 5.96. The first-order valence-electron chi connectivity index (χ1n) is 7.97. The fraction of sp³-hybridized carbons (Fsp3) is 0.238. The maximum Gasteiger partial charge on any atom is 0.156 e. The van der Waals surface area contributed by atoms with Crippen molar-refractivity contribution in [3.63, 3.8) is 0 Å². The summed E-state index contributed by atoms with van der Waals surface area (Å²) < 4.78 is 0. The number of benzene rings is 2. The second-order valence-corrected chi connectivity index (χ2v) is 6.35. The zero-order valence-electron chi connectivity index (χ0n) is 14.8. The van der Waals surface area contributed by atoms with Crippen LogP contribution in [0.2, 0.25) is 0 Å². The Morgan fingerprint density at radius 1 is 1.00 bits per heavy atom. The molecule has 128 valence electrons. The van der Waals surface area contributed by atoms with Crippen LogP contribution >= 0.6 is 0 Å². The van der Waals surface area contributed by atoms with Crippen LogP contribution in [0.15, 0.2) is 47.5 Å². The Balaban J connectivity index is 2.83. The van der Waals surface area contributed by atoms with Gasteiger partial charge in [0, 0.05) is 22.6 Å². The van der Waals surface area contributed by atoms with Crippen molar-refractivity contribution in [3.8, 4) is 17.6 Å². The van der Waals surface area contributed by atoms with Gasteiger partial charge in [-0.15, -0.1) is 0 Å². The third-order valence-corrected chi connectivity index (χ3v) is 4.17. The lowest BCUT2D eigenvalue weighted by atomic mass is 9.80. The van der Waals surface area contributed by atoms with E-state index in [4.69, 9.17) is 5.26 Å². The first-order chi connectivity index (χ1) is 11.8. The Morgan fingerprint density at radius 2 is 1.68 bits per heavy atom. The Labute approximate surface area is 147 Å². The van der Waals surface area contributed by atoms with Crippen molar-refractivity contribution in [2.24, 2.45) is 0 Å². The summed E-state index contributed by atoms with van der Waals surface area (Å²) in [7, 11) is 0. The third kappa shape index (κ3) is 3.72. The van der Waals surface area contributed by atoms with Crippen molar-refractivity contribution in [1.29, 1.82) is 5.26 Å². The fourth-order valence-electron chi connectivity index (χ4n) is 3.09. The molecule has 2 aromatic rings. The number of aryl methyl sites for hydroxylation is 1. The fourth-order valence-corrected chi connectivity index (χ4v) is 3.09. The molecule has 4 heteroatoms. The number of carbonyl (C=O) groups is 1. The van der Waals surface area contributed by atoms with Gasteiger partial charge in [-0.1, -0.05) is 29.3 Å². The number of aromatic hydroxyl groups is 2. The Kier molecular flexibility index (Phi) is 5.29. The molecule has 0 heterocycles. The highest BCUT2D eigenvalue weighted by Gasteiger charge is 2.28. The van der Waals surface area contributed by atoms with E-state index in [1.807, 2.05) is 32.9 Å². The summed E-state index contributed by atoms with van der Waals surface area (Å²) >= 11 is 0. The quantitative estimate of drug-likeness (QED) is 0.815. The third-order valence-electron chi connectivity index (χ3n) is 4.17. The highest BCUT2D eigenvalue weighted by Crippen LogP contribution is 2.42. The smallest absolute Gasteiger partial charge is 0.156 e. The van der Waals surface area contributed by atoms with Crippen LogP contribution < -0.4 is 0 Å². The molecule has 2 rings (SSSR count). The summed E-state index contributed by atoms with van der Waals surface area (Å²) in [4.78, 5) is 12.3. The van der Waals surface area contributed by atoms with Crippen LogP contribution in [0.25, 0.3) is 0 Å². The van der Waals surface area contributed by atoms with E-state index < -0.39 is 5.92 Å². The van der Waals surface area contributed by atoms with Crippen LogP contribution in [0.4, 0.5) is 0 Å². The van der Waals surface area contributed by atoms with Gasteiger partial charge >= 0.3 is 0 Å². The van der Waals surface area contributed by atoms with Gasteiger partial charge < -0.3 is 10.2 Å². The molecule has 2 N–H and O–H groups in total. The molecule has 0 saturated heterocycles. The minimum absolute atomic E-state index is 0.0550. The summed E-state index contributed by atoms with van der Waals surface area (Å²) in [6.07, 6.45) is 0. The zero-order valence-corrected chi connectivity index (χ0v) is 14.8. The summed E-state index contributed by atoms with van der Waals surface area (Å²) in [5.74, 6) is -0.769. The van der Waals surface area contributed by atoms with E-state index in [1.54, 1.807) is 24.3 Å². The minimum Gasteiger partial charge on any atom is -0.508 e. The van der Waals surface area contributed by atoms with Gasteiger partial charge in [0.15, 0.2) is 5.78 Å². The molecule has 0 bridgehead atoms. The lowest BCUT2D eigenvalue weighted by Crippen LogP contribution is -2.13. The largest absolute Gasteiger partial charge is 0.508 e. The number of phenols is 2. The number of carbonyl (C=O) groups excluding carboxylic acids is 1. The normalized spacial score (nSPS) is 11.5. The van der Waals surface area contributed by atoms with Crippen LogP contribution in [-0.2, 0) is 4.79 Å². The van der Waals surface area contributed by atoms with E-state index in [9.17, 15) is 15.0 Å². The Bertz CT molecular complexity index is 900. The molecule has 0 saturated carbocycles. The van der Waals surface area contributed by atoms with Crippen LogP contribution in [0.1, 0.15) is 48.9 Å². The van der Waals surface area contributed by atoms with Crippen molar-refractivity contribution in [2.75, 3.05) is 0 Å². The molecule has 0 unspecified atom stereocenters. The lowest BCUT2D eigenvalue weighted by Gasteiger charge is -2.24. The van der Waals surface area contributed by atoms with Gasteiger partial charge in [0.05, 0.1) is 11.6 Å². The van der Waals surface area contributed by atoms with Crippen LogP contribution in [0, 0.1) is 18.3 Å². The van der Waals surface area contributed by atoms with Crippen molar-refractivity contribution >= 4 is 5.78 Å².